The van der Waals surface area contributed by atoms with Gasteiger partial charge in [0.1, 0.15) is 12.4 Å². The van der Waals surface area contributed by atoms with Crippen LogP contribution in [0, 0.1) is 0 Å². The zero-order valence-electron chi connectivity index (χ0n) is 14.7. The Bertz CT molecular complexity index is 803. The van der Waals surface area contributed by atoms with Crippen molar-refractivity contribution in [2.45, 2.75) is 13.5 Å². The number of esters is 1. The van der Waals surface area contributed by atoms with Gasteiger partial charge in [0.05, 0.1) is 14.2 Å². The SMILES string of the molecule is COc1ccc(Cl)cc1COC(=O)COc1ccc(C(C)=O)cc1OC. The van der Waals surface area contributed by atoms with Gasteiger partial charge in [0.15, 0.2) is 23.9 Å². The van der Waals surface area contributed by atoms with E-state index < -0.39 is 5.97 Å². The molecular weight excluding hydrogens is 360 g/mol. The minimum Gasteiger partial charge on any atom is -0.496 e. The molecule has 6 nitrogen and oxygen atoms in total. The summed E-state index contributed by atoms with van der Waals surface area (Å²) in [6.45, 7) is 1.15. The van der Waals surface area contributed by atoms with E-state index >= 15 is 0 Å². The van der Waals surface area contributed by atoms with Gasteiger partial charge in [-0.15, -0.1) is 0 Å². The minimum atomic E-state index is -0.565. The predicted octanol–water partition coefficient (Wildman–Crippen LogP) is 3.68. The fourth-order valence-corrected chi connectivity index (χ4v) is 2.40. The molecule has 0 radical (unpaired) electrons. The van der Waals surface area contributed by atoms with E-state index in [1.165, 1.54) is 21.1 Å². The highest BCUT2D eigenvalue weighted by atomic mass is 35.5. The van der Waals surface area contributed by atoms with E-state index in [1.54, 1.807) is 36.4 Å². The highest BCUT2D eigenvalue weighted by Gasteiger charge is 2.12. The lowest BCUT2D eigenvalue weighted by Gasteiger charge is -2.12. The normalized spacial score (nSPS) is 10.2. The van der Waals surface area contributed by atoms with Crippen molar-refractivity contribution in [2.24, 2.45) is 0 Å². The predicted molar refractivity (Wildman–Crippen MR) is 96.3 cm³/mol. The molecule has 138 valence electrons. The molecule has 2 rings (SSSR count). The van der Waals surface area contributed by atoms with Gasteiger partial charge in [-0.2, -0.15) is 0 Å². The van der Waals surface area contributed by atoms with Crippen LogP contribution in [-0.2, 0) is 16.1 Å². The average Bonchev–Trinajstić information content (AvgIpc) is 2.64. The summed E-state index contributed by atoms with van der Waals surface area (Å²) >= 11 is 5.94. The third-order valence-corrected chi connectivity index (χ3v) is 3.78. The summed E-state index contributed by atoms with van der Waals surface area (Å²) in [5.41, 5.74) is 1.14. The summed E-state index contributed by atoms with van der Waals surface area (Å²) < 4.78 is 21.0. The van der Waals surface area contributed by atoms with Gasteiger partial charge >= 0.3 is 5.97 Å². The van der Waals surface area contributed by atoms with Gasteiger partial charge in [-0.05, 0) is 43.3 Å². The van der Waals surface area contributed by atoms with E-state index in [0.29, 0.717) is 33.4 Å². The number of hydrogen-bond donors (Lipinski definition) is 0. The number of carbonyl (C=O) groups is 2. The lowest BCUT2D eigenvalue weighted by molar-refractivity contribution is -0.147. The Morgan fingerprint density at radius 3 is 2.31 bits per heavy atom. The summed E-state index contributed by atoms with van der Waals surface area (Å²) in [4.78, 5) is 23.3. The van der Waals surface area contributed by atoms with Crippen molar-refractivity contribution < 1.29 is 28.5 Å². The second kappa shape index (κ2) is 9.10. The number of ether oxygens (including phenoxy) is 4. The molecule has 0 heterocycles. The maximum atomic E-state index is 11.9. The molecule has 0 N–H and O–H groups in total. The number of hydrogen-bond acceptors (Lipinski definition) is 6. The first kappa shape index (κ1) is 19.6. The number of rotatable bonds is 8. The molecular formula is C19H19ClO6. The Labute approximate surface area is 156 Å². The molecule has 0 bridgehead atoms. The molecule has 2 aromatic carbocycles. The average molecular weight is 379 g/mol. The summed E-state index contributed by atoms with van der Waals surface area (Å²) in [6.07, 6.45) is 0. The second-order valence-corrected chi connectivity index (χ2v) is 5.76. The molecule has 0 spiro atoms. The topological polar surface area (TPSA) is 71.1 Å². The maximum absolute atomic E-state index is 11.9. The van der Waals surface area contributed by atoms with Gasteiger partial charge in [0.2, 0.25) is 0 Å². The molecule has 0 saturated carbocycles. The minimum absolute atomic E-state index is 0.00629. The smallest absolute Gasteiger partial charge is 0.344 e. The number of carbonyl (C=O) groups excluding carboxylic acids is 2. The number of benzene rings is 2. The molecule has 0 aliphatic carbocycles. The lowest BCUT2D eigenvalue weighted by Crippen LogP contribution is -2.15. The standard InChI is InChI=1S/C19H19ClO6/c1-12(21)13-4-6-17(18(9-13)24-3)25-11-19(22)26-10-14-8-15(20)5-7-16(14)23-2/h4-9H,10-11H2,1-3H3. The molecule has 0 atom stereocenters. The van der Waals surface area contributed by atoms with Crippen molar-refractivity contribution in [2.75, 3.05) is 20.8 Å². The first-order valence-electron chi connectivity index (χ1n) is 7.74. The summed E-state index contributed by atoms with van der Waals surface area (Å²) in [7, 11) is 2.98. The van der Waals surface area contributed by atoms with Gasteiger partial charge in [-0.1, -0.05) is 11.6 Å². The molecule has 0 fully saturated rings. The highest BCUT2D eigenvalue weighted by molar-refractivity contribution is 6.30. The van der Waals surface area contributed by atoms with Crippen LogP contribution in [-0.4, -0.2) is 32.6 Å². The van der Waals surface area contributed by atoms with E-state index in [-0.39, 0.29) is 19.0 Å². The molecule has 26 heavy (non-hydrogen) atoms. The van der Waals surface area contributed by atoms with Crippen molar-refractivity contribution in [3.05, 3.63) is 52.5 Å². The molecule has 2 aromatic rings. The Morgan fingerprint density at radius 2 is 1.65 bits per heavy atom. The first-order valence-corrected chi connectivity index (χ1v) is 8.12. The van der Waals surface area contributed by atoms with Crippen LogP contribution in [0.1, 0.15) is 22.8 Å². The summed E-state index contributed by atoms with van der Waals surface area (Å²) in [5, 5.41) is 0.517. The first-order chi connectivity index (χ1) is 12.4. The van der Waals surface area contributed by atoms with Crippen molar-refractivity contribution >= 4 is 23.4 Å². The van der Waals surface area contributed by atoms with Crippen LogP contribution in [0.5, 0.6) is 17.2 Å². The summed E-state index contributed by atoms with van der Waals surface area (Å²) in [5.74, 6) is 0.621. The van der Waals surface area contributed by atoms with Gasteiger partial charge in [-0.3, -0.25) is 4.79 Å². The van der Waals surface area contributed by atoms with Gasteiger partial charge < -0.3 is 18.9 Å². The third-order valence-electron chi connectivity index (χ3n) is 3.55. The van der Waals surface area contributed by atoms with Crippen molar-refractivity contribution in [1.82, 2.24) is 0 Å². The fourth-order valence-electron chi connectivity index (χ4n) is 2.20. The Morgan fingerprint density at radius 1 is 0.962 bits per heavy atom. The maximum Gasteiger partial charge on any atom is 0.344 e. The third kappa shape index (κ3) is 5.13. The Kier molecular flexibility index (Phi) is 6.86. The van der Waals surface area contributed by atoms with Gasteiger partial charge in [0, 0.05) is 16.1 Å². The Hall–Kier alpha value is -2.73. The van der Waals surface area contributed by atoms with Gasteiger partial charge in [0.25, 0.3) is 0 Å². The molecule has 0 aromatic heterocycles. The molecule has 0 unspecified atom stereocenters. The zero-order valence-corrected chi connectivity index (χ0v) is 15.5. The molecule has 0 aliphatic heterocycles. The van der Waals surface area contributed by atoms with Crippen LogP contribution in [0.2, 0.25) is 5.02 Å². The van der Waals surface area contributed by atoms with E-state index in [1.807, 2.05) is 0 Å². The van der Waals surface area contributed by atoms with Crippen LogP contribution < -0.4 is 14.2 Å². The van der Waals surface area contributed by atoms with Crippen molar-refractivity contribution in [1.29, 1.82) is 0 Å². The number of Topliss-reactive ketones (excluding diaryl/α,β-unsaturated/α-hetero) is 1. The van der Waals surface area contributed by atoms with Crippen LogP contribution in [0.4, 0.5) is 0 Å². The number of halogens is 1. The van der Waals surface area contributed by atoms with Crippen LogP contribution in [0.15, 0.2) is 36.4 Å². The molecule has 0 aliphatic rings. The van der Waals surface area contributed by atoms with Crippen LogP contribution in [0.25, 0.3) is 0 Å². The van der Waals surface area contributed by atoms with E-state index in [2.05, 4.69) is 0 Å². The summed E-state index contributed by atoms with van der Waals surface area (Å²) in [6, 6.07) is 9.78. The van der Waals surface area contributed by atoms with E-state index in [9.17, 15) is 9.59 Å². The largest absolute Gasteiger partial charge is 0.496 e. The zero-order chi connectivity index (χ0) is 19.1. The van der Waals surface area contributed by atoms with Crippen LogP contribution >= 0.6 is 11.6 Å². The Balaban J connectivity index is 1.95. The van der Waals surface area contributed by atoms with Crippen molar-refractivity contribution in [3.8, 4) is 17.2 Å². The van der Waals surface area contributed by atoms with E-state index in [0.717, 1.165) is 0 Å². The van der Waals surface area contributed by atoms with Gasteiger partial charge in [-0.25, -0.2) is 4.79 Å². The lowest BCUT2D eigenvalue weighted by atomic mass is 10.1. The quantitative estimate of drug-likeness (QED) is 0.515. The van der Waals surface area contributed by atoms with E-state index in [4.69, 9.17) is 30.5 Å². The van der Waals surface area contributed by atoms with Crippen molar-refractivity contribution in [3.63, 3.8) is 0 Å². The monoisotopic (exact) mass is 378 g/mol. The number of ketones is 1. The fraction of sp³-hybridized carbons (Fsp3) is 0.263. The van der Waals surface area contributed by atoms with Crippen LogP contribution in [0.3, 0.4) is 0 Å². The molecule has 0 amide bonds. The number of methoxy groups -OCH3 is 2. The second-order valence-electron chi connectivity index (χ2n) is 5.33. The molecule has 7 heteroatoms. The molecule has 0 saturated heterocycles. The highest BCUT2D eigenvalue weighted by Crippen LogP contribution is 2.28.